The Kier molecular flexibility index (Phi) is 8.15. The van der Waals surface area contributed by atoms with Gasteiger partial charge in [-0.1, -0.05) is 0 Å². The smallest absolute Gasteiger partial charge is 0.251 e. The fourth-order valence-electron chi connectivity index (χ4n) is 2.72. The van der Waals surface area contributed by atoms with Crippen LogP contribution < -0.4 is 24.8 Å². The van der Waals surface area contributed by atoms with Gasteiger partial charge in [0.15, 0.2) is 11.5 Å². The zero-order valence-electron chi connectivity index (χ0n) is 16.0. The highest BCUT2D eigenvalue weighted by Crippen LogP contribution is 2.38. The minimum Gasteiger partial charge on any atom is -0.493 e. The van der Waals surface area contributed by atoms with Crippen LogP contribution in [0, 0.1) is 0 Å². The fourth-order valence-corrected chi connectivity index (χ4v) is 2.72. The van der Waals surface area contributed by atoms with Crippen molar-refractivity contribution in [1.29, 1.82) is 0 Å². The monoisotopic (exact) mass is 381 g/mol. The molecule has 0 atom stereocenters. The van der Waals surface area contributed by atoms with Crippen LogP contribution in [-0.4, -0.2) is 84.0 Å². The van der Waals surface area contributed by atoms with Crippen LogP contribution in [0.4, 0.5) is 0 Å². The molecular weight excluding hydrogens is 354 g/mol. The summed E-state index contributed by atoms with van der Waals surface area (Å²) in [6, 6.07) is 3.07. The lowest BCUT2D eigenvalue weighted by atomic mass is 10.1. The van der Waals surface area contributed by atoms with Gasteiger partial charge < -0.3 is 29.6 Å². The van der Waals surface area contributed by atoms with E-state index in [1.54, 1.807) is 0 Å². The van der Waals surface area contributed by atoms with Gasteiger partial charge in [-0.2, -0.15) is 0 Å². The Labute approximate surface area is 158 Å². The van der Waals surface area contributed by atoms with Crippen LogP contribution in [0.1, 0.15) is 10.4 Å². The molecule has 0 radical (unpaired) electrons. The highest BCUT2D eigenvalue weighted by Gasteiger charge is 2.17. The van der Waals surface area contributed by atoms with Crippen molar-refractivity contribution in [2.75, 3.05) is 67.3 Å². The molecule has 2 rings (SSSR count). The molecule has 0 saturated carbocycles. The normalized spacial score (nSPS) is 14.3. The minimum atomic E-state index is -0.405. The second-order valence-electron chi connectivity index (χ2n) is 5.90. The third-order valence-corrected chi connectivity index (χ3v) is 4.19. The Morgan fingerprint density at radius 3 is 2.22 bits per heavy atom. The topological polar surface area (TPSA) is 98.4 Å². The number of ether oxygens (including phenoxy) is 4. The van der Waals surface area contributed by atoms with Crippen LogP contribution in [0.2, 0.25) is 0 Å². The molecule has 1 aliphatic heterocycles. The van der Waals surface area contributed by atoms with E-state index in [0.717, 1.165) is 32.8 Å². The van der Waals surface area contributed by atoms with Gasteiger partial charge in [-0.15, -0.1) is 0 Å². The van der Waals surface area contributed by atoms with Gasteiger partial charge in [0, 0.05) is 31.7 Å². The summed E-state index contributed by atoms with van der Waals surface area (Å²) in [6.45, 7) is 4.35. The van der Waals surface area contributed by atoms with Crippen molar-refractivity contribution >= 4 is 11.8 Å². The number of methoxy groups -OCH3 is 3. The summed E-state index contributed by atoms with van der Waals surface area (Å²) in [7, 11) is 4.43. The van der Waals surface area contributed by atoms with Gasteiger partial charge in [0.05, 0.1) is 41.1 Å². The van der Waals surface area contributed by atoms with Crippen LogP contribution in [0.15, 0.2) is 12.1 Å². The third kappa shape index (κ3) is 6.00. The number of benzene rings is 1. The number of nitrogens with one attached hydrogen (secondary N) is 2. The molecule has 0 aromatic heterocycles. The molecule has 1 aliphatic rings. The van der Waals surface area contributed by atoms with E-state index in [2.05, 4.69) is 15.5 Å². The van der Waals surface area contributed by atoms with Gasteiger partial charge in [0.1, 0.15) is 0 Å². The van der Waals surface area contributed by atoms with E-state index < -0.39 is 5.91 Å². The number of morpholine rings is 1. The lowest BCUT2D eigenvalue weighted by Crippen LogP contribution is -2.43. The van der Waals surface area contributed by atoms with Crippen molar-refractivity contribution < 1.29 is 28.5 Å². The number of carbonyl (C=O) groups excluding carboxylic acids is 2. The Bertz CT molecular complexity index is 621. The average molecular weight is 381 g/mol. The van der Waals surface area contributed by atoms with Crippen molar-refractivity contribution in [3.8, 4) is 17.2 Å². The van der Waals surface area contributed by atoms with Gasteiger partial charge in [-0.25, -0.2) is 0 Å². The van der Waals surface area contributed by atoms with Gasteiger partial charge >= 0.3 is 0 Å². The molecule has 1 saturated heterocycles. The molecule has 1 aromatic carbocycles. The standard InChI is InChI=1S/C18H27N3O6/c1-24-14-10-13(11-15(25-2)17(14)26-3)18(23)20-12-16(22)19-4-5-21-6-8-27-9-7-21/h10-11H,4-9,12H2,1-3H3,(H,19,22)(H,20,23). The van der Waals surface area contributed by atoms with E-state index in [9.17, 15) is 9.59 Å². The molecular formula is C18H27N3O6. The van der Waals surface area contributed by atoms with Gasteiger partial charge in [-0.05, 0) is 12.1 Å². The van der Waals surface area contributed by atoms with E-state index in [-0.39, 0.29) is 12.5 Å². The number of hydrogen-bond acceptors (Lipinski definition) is 7. The Morgan fingerprint density at radius 2 is 1.67 bits per heavy atom. The molecule has 27 heavy (non-hydrogen) atoms. The Hall–Kier alpha value is -2.52. The maximum atomic E-state index is 12.3. The molecule has 9 heteroatoms. The molecule has 150 valence electrons. The van der Waals surface area contributed by atoms with Crippen molar-refractivity contribution in [3.05, 3.63) is 17.7 Å². The zero-order valence-corrected chi connectivity index (χ0v) is 16.0. The highest BCUT2D eigenvalue weighted by atomic mass is 16.5. The van der Waals surface area contributed by atoms with E-state index in [1.165, 1.54) is 33.5 Å². The molecule has 1 aromatic rings. The molecule has 2 amide bonds. The molecule has 0 spiro atoms. The first kappa shape index (κ1) is 20.8. The van der Waals surface area contributed by atoms with Crippen molar-refractivity contribution in [2.24, 2.45) is 0 Å². The first-order chi connectivity index (χ1) is 13.1. The van der Waals surface area contributed by atoms with Crippen LogP contribution >= 0.6 is 0 Å². The summed E-state index contributed by atoms with van der Waals surface area (Å²) < 4.78 is 21.0. The predicted molar refractivity (Wildman–Crippen MR) is 98.7 cm³/mol. The first-order valence-electron chi connectivity index (χ1n) is 8.74. The van der Waals surface area contributed by atoms with E-state index in [4.69, 9.17) is 18.9 Å². The SMILES string of the molecule is COc1cc(C(=O)NCC(=O)NCCN2CCOCC2)cc(OC)c1OC. The highest BCUT2D eigenvalue weighted by molar-refractivity contribution is 5.97. The molecule has 1 heterocycles. The molecule has 9 nitrogen and oxygen atoms in total. The summed E-state index contributed by atoms with van der Waals surface area (Å²) in [5.41, 5.74) is 0.311. The largest absolute Gasteiger partial charge is 0.493 e. The summed E-state index contributed by atoms with van der Waals surface area (Å²) in [5, 5.41) is 5.39. The summed E-state index contributed by atoms with van der Waals surface area (Å²) >= 11 is 0. The van der Waals surface area contributed by atoms with Gasteiger partial charge in [0.25, 0.3) is 5.91 Å². The number of amides is 2. The Morgan fingerprint density at radius 1 is 1.04 bits per heavy atom. The number of carbonyl (C=O) groups is 2. The summed E-state index contributed by atoms with van der Waals surface area (Å²) in [6.07, 6.45) is 0. The van der Waals surface area contributed by atoms with Crippen LogP contribution in [0.3, 0.4) is 0 Å². The van der Waals surface area contributed by atoms with Crippen molar-refractivity contribution in [2.45, 2.75) is 0 Å². The predicted octanol–water partition coefficient (Wildman–Crippen LogP) is -0.109. The first-order valence-corrected chi connectivity index (χ1v) is 8.74. The molecule has 0 aliphatic carbocycles. The summed E-state index contributed by atoms with van der Waals surface area (Å²) in [5.74, 6) is 0.493. The lowest BCUT2D eigenvalue weighted by Gasteiger charge is -2.26. The number of rotatable bonds is 9. The molecule has 0 bridgehead atoms. The summed E-state index contributed by atoms with van der Waals surface area (Å²) in [4.78, 5) is 26.5. The molecule has 0 unspecified atom stereocenters. The quantitative estimate of drug-likeness (QED) is 0.616. The number of nitrogens with zero attached hydrogens (tertiary/aromatic N) is 1. The second kappa shape index (κ2) is 10.6. The maximum Gasteiger partial charge on any atom is 0.251 e. The van der Waals surface area contributed by atoms with Gasteiger partial charge in [-0.3, -0.25) is 14.5 Å². The van der Waals surface area contributed by atoms with Crippen LogP contribution in [0.5, 0.6) is 17.2 Å². The minimum absolute atomic E-state index is 0.112. The number of hydrogen-bond donors (Lipinski definition) is 2. The van der Waals surface area contributed by atoms with Gasteiger partial charge in [0.2, 0.25) is 11.7 Å². The molecule has 2 N–H and O–H groups in total. The fraction of sp³-hybridized carbons (Fsp3) is 0.556. The maximum absolute atomic E-state index is 12.3. The van der Waals surface area contributed by atoms with Crippen molar-refractivity contribution in [3.63, 3.8) is 0 Å². The Balaban J connectivity index is 1.83. The van der Waals surface area contributed by atoms with E-state index in [0.29, 0.717) is 29.4 Å². The van der Waals surface area contributed by atoms with E-state index in [1.807, 2.05) is 0 Å². The third-order valence-electron chi connectivity index (χ3n) is 4.19. The molecule has 1 fully saturated rings. The zero-order chi connectivity index (χ0) is 19.6. The second-order valence-corrected chi connectivity index (χ2v) is 5.90. The lowest BCUT2D eigenvalue weighted by molar-refractivity contribution is -0.120. The van der Waals surface area contributed by atoms with E-state index >= 15 is 0 Å². The van der Waals surface area contributed by atoms with Crippen LogP contribution in [-0.2, 0) is 9.53 Å². The van der Waals surface area contributed by atoms with Crippen LogP contribution in [0.25, 0.3) is 0 Å². The average Bonchev–Trinajstić information content (AvgIpc) is 2.71. The van der Waals surface area contributed by atoms with Crippen molar-refractivity contribution in [1.82, 2.24) is 15.5 Å².